The van der Waals surface area contributed by atoms with Crippen molar-refractivity contribution in [3.8, 4) is 0 Å². The van der Waals surface area contributed by atoms with Crippen LogP contribution in [0.15, 0.2) is 24.3 Å². The summed E-state index contributed by atoms with van der Waals surface area (Å²) in [4.78, 5) is 22.2. The van der Waals surface area contributed by atoms with Crippen molar-refractivity contribution >= 4 is 17.6 Å². The molecule has 1 amide bonds. The van der Waals surface area contributed by atoms with Gasteiger partial charge in [0.05, 0.1) is 5.56 Å². The lowest BCUT2D eigenvalue weighted by atomic mass is 9.99. The van der Waals surface area contributed by atoms with E-state index in [1.165, 1.54) is 12.1 Å². The van der Waals surface area contributed by atoms with E-state index in [2.05, 4.69) is 10.6 Å². The van der Waals surface area contributed by atoms with Crippen molar-refractivity contribution in [1.29, 1.82) is 0 Å². The van der Waals surface area contributed by atoms with Gasteiger partial charge in [-0.15, -0.1) is 0 Å². The molecule has 1 aromatic carbocycles. The fraction of sp³-hybridized carbons (Fsp3) is 0.333. The molecule has 0 unspecified atom stereocenters. The molecule has 1 aliphatic heterocycles. The van der Waals surface area contributed by atoms with Gasteiger partial charge in [-0.25, -0.2) is 4.79 Å². The highest BCUT2D eigenvalue weighted by Gasteiger charge is 2.19. The van der Waals surface area contributed by atoms with Crippen LogP contribution in [-0.2, 0) is 4.79 Å². The highest BCUT2D eigenvalue weighted by atomic mass is 16.4. The summed E-state index contributed by atoms with van der Waals surface area (Å²) in [6.07, 6.45) is 0.508. The molecule has 3 N–H and O–H groups in total. The number of carbonyl (C=O) groups excluding carboxylic acids is 1. The van der Waals surface area contributed by atoms with Gasteiger partial charge in [0.15, 0.2) is 0 Å². The van der Waals surface area contributed by atoms with E-state index in [4.69, 9.17) is 5.11 Å². The largest absolute Gasteiger partial charge is 0.478 e. The average Bonchev–Trinajstić information content (AvgIpc) is 2.24. The highest BCUT2D eigenvalue weighted by molar-refractivity contribution is 5.92. The Balaban J connectivity index is 1.89. The summed E-state index contributed by atoms with van der Waals surface area (Å²) in [6, 6.07) is 6.15. The first-order valence-corrected chi connectivity index (χ1v) is 5.49. The van der Waals surface area contributed by atoms with Crippen molar-refractivity contribution in [3.63, 3.8) is 0 Å². The molecular weight excluding hydrogens is 220 g/mol. The van der Waals surface area contributed by atoms with Crippen LogP contribution in [0.3, 0.4) is 0 Å². The molecule has 1 aliphatic rings. The lowest BCUT2D eigenvalue weighted by molar-refractivity contribution is -0.117. The Labute approximate surface area is 98.8 Å². The summed E-state index contributed by atoms with van der Waals surface area (Å²) >= 11 is 0. The molecule has 90 valence electrons. The Kier molecular flexibility index (Phi) is 3.39. The molecule has 1 fully saturated rings. The van der Waals surface area contributed by atoms with Gasteiger partial charge in [0.25, 0.3) is 0 Å². The molecule has 0 aliphatic carbocycles. The summed E-state index contributed by atoms with van der Waals surface area (Å²) in [6.45, 7) is 1.79. The molecule has 5 nitrogen and oxygen atoms in total. The highest BCUT2D eigenvalue weighted by Crippen LogP contribution is 2.13. The van der Waals surface area contributed by atoms with E-state index in [9.17, 15) is 9.59 Å². The number of carboxylic acids is 1. The van der Waals surface area contributed by atoms with Crippen molar-refractivity contribution in [2.45, 2.75) is 6.42 Å². The van der Waals surface area contributed by atoms with E-state index in [1.54, 1.807) is 12.1 Å². The molecule has 0 saturated carbocycles. The SMILES string of the molecule is O=C(CC1CNC1)Nc1ccc(C(=O)O)cc1. The van der Waals surface area contributed by atoms with Gasteiger partial charge in [-0.1, -0.05) is 0 Å². The second-order valence-electron chi connectivity index (χ2n) is 4.16. The Morgan fingerprint density at radius 3 is 2.41 bits per heavy atom. The lowest BCUT2D eigenvalue weighted by Crippen LogP contribution is -2.43. The number of aromatic carboxylic acids is 1. The Morgan fingerprint density at radius 2 is 1.94 bits per heavy atom. The maximum atomic E-state index is 11.6. The van der Waals surface area contributed by atoms with Crippen LogP contribution in [0.5, 0.6) is 0 Å². The van der Waals surface area contributed by atoms with E-state index in [0.717, 1.165) is 13.1 Å². The van der Waals surface area contributed by atoms with Crippen molar-refractivity contribution in [2.75, 3.05) is 18.4 Å². The van der Waals surface area contributed by atoms with Crippen LogP contribution in [0.2, 0.25) is 0 Å². The number of carboxylic acid groups (broad SMARTS) is 1. The van der Waals surface area contributed by atoms with E-state index >= 15 is 0 Å². The first-order chi connectivity index (χ1) is 8.15. The molecule has 0 aromatic heterocycles. The number of anilines is 1. The van der Waals surface area contributed by atoms with Crippen molar-refractivity contribution in [2.24, 2.45) is 5.92 Å². The third kappa shape index (κ3) is 3.04. The summed E-state index contributed by atoms with van der Waals surface area (Å²) in [5, 5.41) is 14.6. The topological polar surface area (TPSA) is 78.4 Å². The summed E-state index contributed by atoms with van der Waals surface area (Å²) in [7, 11) is 0. The standard InChI is InChI=1S/C12H14N2O3/c15-11(5-8-6-13-7-8)14-10-3-1-9(2-4-10)12(16)17/h1-4,8,13H,5-7H2,(H,14,15)(H,16,17). The van der Waals surface area contributed by atoms with Gasteiger partial charge >= 0.3 is 5.97 Å². The van der Waals surface area contributed by atoms with Crippen LogP contribution in [0, 0.1) is 5.92 Å². The lowest BCUT2D eigenvalue weighted by Gasteiger charge is -2.26. The molecule has 1 saturated heterocycles. The van der Waals surface area contributed by atoms with Crippen LogP contribution < -0.4 is 10.6 Å². The summed E-state index contributed by atoms with van der Waals surface area (Å²) in [5.41, 5.74) is 0.846. The molecule has 5 heteroatoms. The van der Waals surface area contributed by atoms with E-state index in [1.807, 2.05) is 0 Å². The normalized spacial score (nSPS) is 15.1. The zero-order valence-electron chi connectivity index (χ0n) is 9.27. The Morgan fingerprint density at radius 1 is 1.29 bits per heavy atom. The third-order valence-corrected chi connectivity index (χ3v) is 2.76. The second-order valence-corrected chi connectivity index (χ2v) is 4.16. The van der Waals surface area contributed by atoms with Gasteiger partial charge in [0.1, 0.15) is 0 Å². The summed E-state index contributed by atoms with van der Waals surface area (Å²) < 4.78 is 0. The number of hydrogen-bond donors (Lipinski definition) is 3. The van der Waals surface area contributed by atoms with Gasteiger partial charge < -0.3 is 15.7 Å². The molecule has 0 spiro atoms. The molecule has 2 rings (SSSR count). The monoisotopic (exact) mass is 234 g/mol. The Hall–Kier alpha value is -1.88. The molecular formula is C12H14N2O3. The quantitative estimate of drug-likeness (QED) is 0.724. The summed E-state index contributed by atoms with van der Waals surface area (Å²) in [5.74, 6) is -0.573. The molecule has 0 atom stereocenters. The van der Waals surface area contributed by atoms with Crippen molar-refractivity contribution in [1.82, 2.24) is 5.32 Å². The van der Waals surface area contributed by atoms with Crippen molar-refractivity contribution < 1.29 is 14.7 Å². The minimum atomic E-state index is -0.969. The number of amides is 1. The van der Waals surface area contributed by atoms with Gasteiger partial charge in [-0.2, -0.15) is 0 Å². The van der Waals surface area contributed by atoms with Crippen LogP contribution in [0.1, 0.15) is 16.8 Å². The molecule has 0 bridgehead atoms. The smallest absolute Gasteiger partial charge is 0.335 e. The first-order valence-electron chi connectivity index (χ1n) is 5.49. The minimum Gasteiger partial charge on any atom is -0.478 e. The predicted molar refractivity (Wildman–Crippen MR) is 63.0 cm³/mol. The predicted octanol–water partition coefficient (Wildman–Crippen LogP) is 0.933. The van der Waals surface area contributed by atoms with Gasteiger partial charge in [0, 0.05) is 12.1 Å². The number of carbonyl (C=O) groups is 2. The third-order valence-electron chi connectivity index (χ3n) is 2.76. The fourth-order valence-electron chi connectivity index (χ4n) is 1.66. The molecule has 0 radical (unpaired) electrons. The number of benzene rings is 1. The minimum absolute atomic E-state index is 0.0282. The molecule has 17 heavy (non-hydrogen) atoms. The first kappa shape index (κ1) is 11.6. The van der Waals surface area contributed by atoms with Crippen LogP contribution >= 0.6 is 0 Å². The zero-order chi connectivity index (χ0) is 12.3. The zero-order valence-corrected chi connectivity index (χ0v) is 9.27. The van der Waals surface area contributed by atoms with Crippen LogP contribution in [0.4, 0.5) is 5.69 Å². The Bertz CT molecular complexity index is 424. The van der Waals surface area contributed by atoms with Gasteiger partial charge in [-0.05, 0) is 43.3 Å². The van der Waals surface area contributed by atoms with E-state index < -0.39 is 5.97 Å². The van der Waals surface area contributed by atoms with Crippen LogP contribution in [0.25, 0.3) is 0 Å². The number of nitrogens with one attached hydrogen (secondary N) is 2. The fourth-order valence-corrected chi connectivity index (χ4v) is 1.66. The second kappa shape index (κ2) is 4.97. The maximum Gasteiger partial charge on any atom is 0.335 e. The van der Waals surface area contributed by atoms with Gasteiger partial charge in [-0.3, -0.25) is 4.79 Å². The van der Waals surface area contributed by atoms with Crippen molar-refractivity contribution in [3.05, 3.63) is 29.8 Å². The molecule has 1 heterocycles. The maximum absolute atomic E-state index is 11.6. The number of rotatable bonds is 4. The molecule has 1 aromatic rings. The average molecular weight is 234 g/mol. The van der Waals surface area contributed by atoms with Crippen LogP contribution in [-0.4, -0.2) is 30.1 Å². The number of hydrogen-bond acceptors (Lipinski definition) is 3. The van der Waals surface area contributed by atoms with Gasteiger partial charge in [0.2, 0.25) is 5.91 Å². The van der Waals surface area contributed by atoms with E-state index in [0.29, 0.717) is 18.0 Å². The van der Waals surface area contributed by atoms with E-state index in [-0.39, 0.29) is 11.5 Å².